The summed E-state index contributed by atoms with van der Waals surface area (Å²) in [7, 11) is 2.06. The van der Waals surface area contributed by atoms with Gasteiger partial charge in [-0.25, -0.2) is 0 Å². The third-order valence-corrected chi connectivity index (χ3v) is 5.20. The molecule has 0 aromatic heterocycles. The number of carbonyl (C=O) groups is 1. The standard InChI is InChI=1S/C22H28N2O/c1-15-12-16(2)22(17(3)13-15)23-21(25)14-24(4)20-11-7-9-18-8-5-6-10-19(18)20/h5-6,8,10,12-13,20H,7,9,11,14H2,1-4H3,(H,23,25). The van der Waals surface area contributed by atoms with E-state index in [0.717, 1.165) is 29.7 Å². The minimum Gasteiger partial charge on any atom is -0.324 e. The first-order chi connectivity index (χ1) is 12.0. The monoisotopic (exact) mass is 336 g/mol. The Hall–Kier alpha value is -2.13. The normalized spacial score (nSPS) is 16.6. The van der Waals surface area contributed by atoms with E-state index in [1.54, 1.807) is 0 Å². The topological polar surface area (TPSA) is 32.3 Å². The van der Waals surface area contributed by atoms with Crippen molar-refractivity contribution in [3.05, 3.63) is 64.2 Å². The van der Waals surface area contributed by atoms with Crippen LogP contribution in [0.1, 0.15) is 46.7 Å². The van der Waals surface area contributed by atoms with Crippen molar-refractivity contribution in [2.45, 2.75) is 46.1 Å². The predicted molar refractivity (Wildman–Crippen MR) is 104 cm³/mol. The lowest BCUT2D eigenvalue weighted by Crippen LogP contribution is -2.35. The molecule has 1 amide bonds. The second kappa shape index (κ2) is 7.40. The first-order valence-electron chi connectivity index (χ1n) is 9.11. The van der Waals surface area contributed by atoms with Crippen molar-refractivity contribution in [3.63, 3.8) is 0 Å². The van der Waals surface area contributed by atoms with Crippen LogP contribution in [0.2, 0.25) is 0 Å². The summed E-state index contributed by atoms with van der Waals surface area (Å²) in [6.45, 7) is 6.60. The number of likely N-dealkylation sites (N-methyl/N-ethyl adjacent to an activating group) is 1. The molecule has 0 aliphatic heterocycles. The quantitative estimate of drug-likeness (QED) is 0.888. The molecule has 3 nitrogen and oxygen atoms in total. The largest absolute Gasteiger partial charge is 0.324 e. The van der Waals surface area contributed by atoms with E-state index in [-0.39, 0.29) is 5.91 Å². The van der Waals surface area contributed by atoms with Crippen molar-refractivity contribution in [2.75, 3.05) is 18.9 Å². The Morgan fingerprint density at radius 1 is 1.16 bits per heavy atom. The maximum absolute atomic E-state index is 12.6. The van der Waals surface area contributed by atoms with Crippen LogP contribution in [0.3, 0.4) is 0 Å². The van der Waals surface area contributed by atoms with E-state index >= 15 is 0 Å². The second-order valence-corrected chi connectivity index (χ2v) is 7.34. The van der Waals surface area contributed by atoms with Crippen LogP contribution in [0.5, 0.6) is 0 Å². The number of nitrogens with one attached hydrogen (secondary N) is 1. The van der Waals surface area contributed by atoms with Gasteiger partial charge in [-0.2, -0.15) is 0 Å². The molecule has 1 N–H and O–H groups in total. The predicted octanol–water partition coefficient (Wildman–Crippen LogP) is 4.56. The summed E-state index contributed by atoms with van der Waals surface area (Å²) >= 11 is 0. The first-order valence-corrected chi connectivity index (χ1v) is 9.11. The van der Waals surface area contributed by atoms with Gasteiger partial charge in [-0.3, -0.25) is 9.69 Å². The minimum absolute atomic E-state index is 0.0561. The van der Waals surface area contributed by atoms with E-state index in [1.807, 2.05) is 0 Å². The van der Waals surface area contributed by atoms with E-state index in [0.29, 0.717) is 12.6 Å². The lowest BCUT2D eigenvalue weighted by molar-refractivity contribution is -0.117. The fourth-order valence-corrected chi connectivity index (χ4v) is 4.08. The Morgan fingerprint density at radius 2 is 1.84 bits per heavy atom. The summed E-state index contributed by atoms with van der Waals surface area (Å²) in [5.41, 5.74) is 7.23. The number of rotatable bonds is 4. The molecule has 1 aliphatic carbocycles. The fraction of sp³-hybridized carbons (Fsp3) is 0.409. The van der Waals surface area contributed by atoms with Crippen molar-refractivity contribution in [3.8, 4) is 0 Å². The molecular formula is C22H28N2O. The smallest absolute Gasteiger partial charge is 0.238 e. The van der Waals surface area contributed by atoms with E-state index in [1.165, 1.54) is 23.1 Å². The van der Waals surface area contributed by atoms with Crippen molar-refractivity contribution >= 4 is 11.6 Å². The van der Waals surface area contributed by atoms with Gasteiger partial charge in [0.2, 0.25) is 5.91 Å². The number of fused-ring (bicyclic) bond motifs is 1. The summed E-state index contributed by atoms with van der Waals surface area (Å²) in [6, 6.07) is 13.2. The number of hydrogen-bond donors (Lipinski definition) is 1. The zero-order chi connectivity index (χ0) is 18.0. The van der Waals surface area contributed by atoms with E-state index in [4.69, 9.17) is 0 Å². The lowest BCUT2D eigenvalue weighted by atomic mass is 9.87. The second-order valence-electron chi connectivity index (χ2n) is 7.34. The molecule has 2 aromatic rings. The van der Waals surface area contributed by atoms with Gasteiger partial charge in [0.05, 0.1) is 6.54 Å². The number of amides is 1. The maximum Gasteiger partial charge on any atom is 0.238 e. The lowest BCUT2D eigenvalue weighted by Gasteiger charge is -2.33. The Kier molecular flexibility index (Phi) is 5.24. The molecule has 3 rings (SSSR count). The molecule has 3 heteroatoms. The van der Waals surface area contributed by atoms with Crippen LogP contribution < -0.4 is 5.32 Å². The van der Waals surface area contributed by atoms with Gasteiger partial charge in [-0.15, -0.1) is 0 Å². The number of aryl methyl sites for hydroxylation is 4. The van der Waals surface area contributed by atoms with Gasteiger partial charge in [0.25, 0.3) is 0 Å². The van der Waals surface area contributed by atoms with Crippen LogP contribution in [0.4, 0.5) is 5.69 Å². The van der Waals surface area contributed by atoms with Crippen LogP contribution in [0.15, 0.2) is 36.4 Å². The molecule has 0 radical (unpaired) electrons. The van der Waals surface area contributed by atoms with Gasteiger partial charge >= 0.3 is 0 Å². The Morgan fingerprint density at radius 3 is 2.56 bits per heavy atom. The van der Waals surface area contributed by atoms with Crippen LogP contribution in [-0.4, -0.2) is 24.4 Å². The molecule has 0 fully saturated rings. The SMILES string of the molecule is Cc1cc(C)c(NC(=O)CN(C)C2CCCc3ccccc32)c(C)c1. The van der Waals surface area contributed by atoms with Crippen LogP contribution in [0.25, 0.3) is 0 Å². The maximum atomic E-state index is 12.6. The van der Waals surface area contributed by atoms with Gasteiger partial charge in [0.1, 0.15) is 0 Å². The van der Waals surface area contributed by atoms with Crippen LogP contribution in [-0.2, 0) is 11.2 Å². The Bertz CT molecular complexity index is 758. The van der Waals surface area contributed by atoms with Gasteiger partial charge in [0.15, 0.2) is 0 Å². The molecule has 0 heterocycles. The van der Waals surface area contributed by atoms with Crippen molar-refractivity contribution < 1.29 is 4.79 Å². The number of benzene rings is 2. The Balaban J connectivity index is 1.70. The zero-order valence-electron chi connectivity index (χ0n) is 15.7. The third-order valence-electron chi connectivity index (χ3n) is 5.20. The highest BCUT2D eigenvalue weighted by molar-refractivity contribution is 5.93. The summed E-state index contributed by atoms with van der Waals surface area (Å²) in [5.74, 6) is 0.0561. The molecular weight excluding hydrogens is 308 g/mol. The molecule has 1 unspecified atom stereocenters. The van der Waals surface area contributed by atoms with Gasteiger partial charge in [-0.1, -0.05) is 42.0 Å². The molecule has 0 spiro atoms. The molecule has 0 saturated heterocycles. The Labute approximate surface area is 151 Å². The number of carbonyl (C=O) groups excluding carboxylic acids is 1. The highest BCUT2D eigenvalue weighted by atomic mass is 16.2. The summed E-state index contributed by atoms with van der Waals surface area (Å²) in [4.78, 5) is 14.8. The summed E-state index contributed by atoms with van der Waals surface area (Å²) < 4.78 is 0. The van der Waals surface area contributed by atoms with Crippen molar-refractivity contribution in [2.24, 2.45) is 0 Å². The zero-order valence-corrected chi connectivity index (χ0v) is 15.7. The van der Waals surface area contributed by atoms with Gasteiger partial charge in [-0.05, 0) is 69.3 Å². The minimum atomic E-state index is 0.0561. The average molecular weight is 336 g/mol. The van der Waals surface area contributed by atoms with Gasteiger partial charge in [0, 0.05) is 11.7 Å². The first kappa shape index (κ1) is 17.7. The van der Waals surface area contributed by atoms with Crippen LogP contribution in [0, 0.1) is 20.8 Å². The van der Waals surface area contributed by atoms with E-state index in [9.17, 15) is 4.79 Å². The molecule has 0 bridgehead atoms. The number of anilines is 1. The highest BCUT2D eigenvalue weighted by Gasteiger charge is 2.24. The summed E-state index contributed by atoms with van der Waals surface area (Å²) in [6.07, 6.45) is 3.45. The molecule has 132 valence electrons. The summed E-state index contributed by atoms with van der Waals surface area (Å²) in [5, 5.41) is 3.12. The molecule has 0 saturated carbocycles. The van der Waals surface area contributed by atoms with Crippen molar-refractivity contribution in [1.82, 2.24) is 4.90 Å². The highest BCUT2D eigenvalue weighted by Crippen LogP contribution is 2.33. The fourth-order valence-electron chi connectivity index (χ4n) is 4.08. The van der Waals surface area contributed by atoms with Crippen LogP contribution >= 0.6 is 0 Å². The van der Waals surface area contributed by atoms with Crippen molar-refractivity contribution in [1.29, 1.82) is 0 Å². The molecule has 2 aromatic carbocycles. The average Bonchev–Trinajstić information content (AvgIpc) is 2.57. The molecule has 1 aliphatic rings. The number of hydrogen-bond acceptors (Lipinski definition) is 2. The third kappa shape index (κ3) is 3.93. The molecule has 1 atom stereocenters. The number of nitrogens with zero attached hydrogens (tertiary/aromatic N) is 1. The molecule has 25 heavy (non-hydrogen) atoms. The van der Waals surface area contributed by atoms with Gasteiger partial charge < -0.3 is 5.32 Å². The van der Waals surface area contributed by atoms with E-state index in [2.05, 4.69) is 74.4 Å². The van der Waals surface area contributed by atoms with E-state index < -0.39 is 0 Å².